The molecule has 16 heavy (non-hydrogen) atoms. The second-order valence-electron chi connectivity index (χ2n) is 3.20. The summed E-state index contributed by atoms with van der Waals surface area (Å²) in [6.45, 7) is 2.27. The molecule has 0 fully saturated rings. The van der Waals surface area contributed by atoms with Gasteiger partial charge in [0, 0.05) is 0 Å². The van der Waals surface area contributed by atoms with Crippen LogP contribution in [0.25, 0.3) is 11.0 Å². The van der Waals surface area contributed by atoms with Crippen LogP contribution < -0.4 is 10.2 Å². The van der Waals surface area contributed by atoms with E-state index in [0.29, 0.717) is 29.6 Å². The number of ether oxygens (including phenoxy) is 1. The average Bonchev–Trinajstić information content (AvgIpc) is 2.30. The molecular weight excluding hydrogens is 208 g/mol. The summed E-state index contributed by atoms with van der Waals surface area (Å²) in [7, 11) is 0. The zero-order valence-electron chi connectivity index (χ0n) is 8.73. The fourth-order valence-corrected chi connectivity index (χ4v) is 1.51. The lowest BCUT2D eigenvalue weighted by molar-refractivity contribution is 0.112. The van der Waals surface area contributed by atoms with Crippen molar-refractivity contribution < 1.29 is 13.9 Å². The van der Waals surface area contributed by atoms with Crippen molar-refractivity contribution in [3.8, 4) is 5.75 Å². The van der Waals surface area contributed by atoms with Gasteiger partial charge >= 0.3 is 0 Å². The van der Waals surface area contributed by atoms with Crippen molar-refractivity contribution in [2.24, 2.45) is 0 Å². The Morgan fingerprint density at radius 3 is 2.94 bits per heavy atom. The molecule has 0 aliphatic heterocycles. The van der Waals surface area contributed by atoms with Crippen LogP contribution in [0.2, 0.25) is 0 Å². The normalized spacial score (nSPS) is 10.3. The molecule has 4 nitrogen and oxygen atoms in total. The Kier molecular flexibility index (Phi) is 2.72. The van der Waals surface area contributed by atoms with Gasteiger partial charge in [-0.15, -0.1) is 0 Å². The van der Waals surface area contributed by atoms with Crippen molar-refractivity contribution in [1.29, 1.82) is 0 Å². The molecule has 0 unspecified atom stereocenters. The lowest BCUT2D eigenvalue weighted by atomic mass is 10.1. The van der Waals surface area contributed by atoms with Gasteiger partial charge in [-0.25, -0.2) is 0 Å². The zero-order chi connectivity index (χ0) is 11.5. The number of hydrogen-bond donors (Lipinski definition) is 0. The van der Waals surface area contributed by atoms with E-state index in [4.69, 9.17) is 9.15 Å². The van der Waals surface area contributed by atoms with Gasteiger partial charge in [0.15, 0.2) is 6.29 Å². The summed E-state index contributed by atoms with van der Waals surface area (Å²) in [5.74, 6) is 0.442. The van der Waals surface area contributed by atoms with Crippen molar-refractivity contribution in [3.63, 3.8) is 0 Å². The minimum Gasteiger partial charge on any atom is -0.493 e. The van der Waals surface area contributed by atoms with Crippen LogP contribution in [0.4, 0.5) is 0 Å². The maximum Gasteiger partial charge on any atom is 0.206 e. The fourth-order valence-electron chi connectivity index (χ4n) is 1.51. The number of rotatable bonds is 3. The Labute approximate surface area is 91.4 Å². The van der Waals surface area contributed by atoms with Crippen LogP contribution in [0.3, 0.4) is 0 Å². The summed E-state index contributed by atoms with van der Waals surface area (Å²) in [5.41, 5.74) is 0.0569. The molecule has 0 saturated carbocycles. The molecule has 0 spiro atoms. The number of fused-ring (bicyclic) bond motifs is 1. The molecule has 0 amide bonds. The molecule has 0 aliphatic carbocycles. The predicted octanol–water partition coefficient (Wildman–Crippen LogP) is 2.00. The highest BCUT2D eigenvalue weighted by atomic mass is 16.5. The summed E-state index contributed by atoms with van der Waals surface area (Å²) in [6.07, 6.45) is 1.64. The van der Waals surface area contributed by atoms with E-state index in [1.165, 1.54) is 0 Å². The molecule has 0 atom stereocenters. The number of carbonyl (C=O) groups excluding carboxylic acids is 1. The van der Waals surface area contributed by atoms with E-state index in [9.17, 15) is 9.59 Å². The van der Waals surface area contributed by atoms with Crippen molar-refractivity contribution >= 4 is 17.3 Å². The molecule has 1 aromatic carbocycles. The first kappa shape index (κ1) is 10.4. The summed E-state index contributed by atoms with van der Waals surface area (Å²) < 4.78 is 10.5. The van der Waals surface area contributed by atoms with E-state index >= 15 is 0 Å². The minimum absolute atomic E-state index is 0.000321. The number of aldehydes is 1. The molecule has 0 radical (unpaired) electrons. The van der Waals surface area contributed by atoms with Crippen LogP contribution >= 0.6 is 0 Å². The second kappa shape index (κ2) is 4.18. The van der Waals surface area contributed by atoms with Gasteiger partial charge in [0.1, 0.15) is 23.0 Å². The third-order valence-corrected chi connectivity index (χ3v) is 2.22. The van der Waals surface area contributed by atoms with Crippen LogP contribution in [0.15, 0.2) is 33.7 Å². The minimum atomic E-state index is -0.361. The molecule has 2 rings (SSSR count). The molecule has 1 heterocycles. The van der Waals surface area contributed by atoms with Gasteiger partial charge < -0.3 is 9.15 Å². The monoisotopic (exact) mass is 218 g/mol. The van der Waals surface area contributed by atoms with E-state index in [2.05, 4.69) is 0 Å². The SMILES string of the molecule is CCOc1cccc2occ(C=O)c(=O)c12. The van der Waals surface area contributed by atoms with E-state index in [1.807, 2.05) is 6.92 Å². The van der Waals surface area contributed by atoms with Crippen molar-refractivity contribution in [3.05, 3.63) is 40.2 Å². The Balaban J connectivity index is 2.82. The van der Waals surface area contributed by atoms with Crippen LogP contribution in [-0.2, 0) is 0 Å². The third-order valence-electron chi connectivity index (χ3n) is 2.22. The highest BCUT2D eigenvalue weighted by Crippen LogP contribution is 2.22. The van der Waals surface area contributed by atoms with E-state index < -0.39 is 0 Å². The van der Waals surface area contributed by atoms with E-state index in [0.717, 1.165) is 6.26 Å². The highest BCUT2D eigenvalue weighted by Gasteiger charge is 2.10. The number of benzene rings is 1. The van der Waals surface area contributed by atoms with Gasteiger partial charge in [-0.1, -0.05) is 6.07 Å². The van der Waals surface area contributed by atoms with Gasteiger partial charge in [0.05, 0.1) is 12.2 Å². The van der Waals surface area contributed by atoms with Gasteiger partial charge in [-0.05, 0) is 19.1 Å². The van der Waals surface area contributed by atoms with E-state index in [-0.39, 0.29) is 11.0 Å². The first-order valence-electron chi connectivity index (χ1n) is 4.90. The molecule has 82 valence electrons. The molecule has 0 aliphatic rings. The van der Waals surface area contributed by atoms with Gasteiger partial charge in [0.25, 0.3) is 0 Å². The Bertz CT molecular complexity index is 583. The van der Waals surface area contributed by atoms with Gasteiger partial charge in [-0.3, -0.25) is 9.59 Å². The maximum absolute atomic E-state index is 11.9. The topological polar surface area (TPSA) is 56.5 Å². The lowest BCUT2D eigenvalue weighted by Gasteiger charge is -2.05. The highest BCUT2D eigenvalue weighted by molar-refractivity contribution is 5.88. The standard InChI is InChI=1S/C12H10O4/c1-2-15-9-4-3-5-10-11(9)12(14)8(6-13)7-16-10/h3-7H,2H2,1H3. The second-order valence-corrected chi connectivity index (χ2v) is 3.20. The number of carbonyl (C=O) groups is 1. The summed E-state index contributed by atoms with van der Waals surface area (Å²) in [6, 6.07) is 5.07. The molecule has 4 heteroatoms. The Morgan fingerprint density at radius 1 is 1.44 bits per heavy atom. The quantitative estimate of drug-likeness (QED) is 0.739. The summed E-state index contributed by atoms with van der Waals surface area (Å²) >= 11 is 0. The van der Waals surface area contributed by atoms with Gasteiger partial charge in [-0.2, -0.15) is 0 Å². The molecule has 0 saturated heterocycles. The van der Waals surface area contributed by atoms with Crippen LogP contribution in [0.1, 0.15) is 17.3 Å². The fraction of sp³-hybridized carbons (Fsp3) is 0.167. The summed E-state index contributed by atoms with van der Waals surface area (Å²) in [5, 5.41) is 0.314. The predicted molar refractivity (Wildman–Crippen MR) is 59.0 cm³/mol. The molecule has 2 aromatic rings. The van der Waals surface area contributed by atoms with Crippen molar-refractivity contribution in [2.45, 2.75) is 6.92 Å². The van der Waals surface area contributed by atoms with Crippen LogP contribution in [0, 0.1) is 0 Å². The van der Waals surface area contributed by atoms with E-state index in [1.54, 1.807) is 18.2 Å². The molecule has 0 N–H and O–H groups in total. The van der Waals surface area contributed by atoms with Crippen molar-refractivity contribution in [1.82, 2.24) is 0 Å². The largest absolute Gasteiger partial charge is 0.493 e. The molecular formula is C12H10O4. The lowest BCUT2D eigenvalue weighted by Crippen LogP contribution is -2.09. The molecule has 1 aromatic heterocycles. The van der Waals surface area contributed by atoms with Crippen molar-refractivity contribution in [2.75, 3.05) is 6.61 Å². The van der Waals surface area contributed by atoms with Gasteiger partial charge in [0.2, 0.25) is 5.43 Å². The first-order valence-corrected chi connectivity index (χ1v) is 4.90. The maximum atomic E-state index is 11.9. The summed E-state index contributed by atoms with van der Waals surface area (Å²) in [4.78, 5) is 22.5. The first-order chi connectivity index (χ1) is 7.77. The van der Waals surface area contributed by atoms with Crippen LogP contribution in [0.5, 0.6) is 5.75 Å². The Hall–Kier alpha value is -2.10. The number of hydrogen-bond acceptors (Lipinski definition) is 4. The van der Waals surface area contributed by atoms with Crippen LogP contribution in [-0.4, -0.2) is 12.9 Å². The average molecular weight is 218 g/mol. The zero-order valence-corrected chi connectivity index (χ0v) is 8.73. The Morgan fingerprint density at radius 2 is 2.25 bits per heavy atom. The smallest absolute Gasteiger partial charge is 0.206 e. The third kappa shape index (κ3) is 1.58. The molecule has 0 bridgehead atoms.